The number of ether oxygens (including phenoxy) is 3. The Morgan fingerprint density at radius 2 is 1.42 bits per heavy atom. The minimum absolute atomic E-state index is 0.285. The van der Waals surface area contributed by atoms with Gasteiger partial charge in [-0.05, 0) is 53.6 Å². The van der Waals surface area contributed by atoms with E-state index in [1.54, 1.807) is 66.7 Å². The molecule has 4 aromatic rings. The number of anilines is 1. The smallest absolute Gasteiger partial charge is 0.308 e. The van der Waals surface area contributed by atoms with Gasteiger partial charge in [0.05, 0.1) is 20.3 Å². The minimum atomic E-state index is -1.65. The van der Waals surface area contributed by atoms with E-state index in [0.717, 1.165) is 11.3 Å². The molecule has 1 spiro atoms. The number of carbonyl (C=O) groups is 4. The SMILES string of the molecule is COc1ccc([C@@H]2[C@@H](C(=O)c3ccc(OC(C)=O)cc3)N3c4ccccc4C=C[C@@H]3C23C(=O)c2ccccc2C3=O)cc1OC. The van der Waals surface area contributed by atoms with Gasteiger partial charge in [-0.3, -0.25) is 19.2 Å². The summed E-state index contributed by atoms with van der Waals surface area (Å²) in [6, 6.07) is 24.4. The number of methoxy groups -OCH3 is 2. The Hall–Kier alpha value is -5.50. The standard InChI is InChI=1S/C37H29NO7/c1-21(39)45-25-16-12-23(13-17-25)34(40)33-32(24-14-18-29(43-2)30(20-24)44-3)37(35(41)26-9-5-6-10-27(26)36(37)42)31-19-15-22-8-4-7-11-28(22)38(31)33/h4-20,31-33H,1-3H3/t31-,32-,33+/m1/s1. The molecule has 0 radical (unpaired) electrons. The highest BCUT2D eigenvalue weighted by Gasteiger charge is 2.71. The number of para-hydroxylation sites is 1. The van der Waals surface area contributed by atoms with Crippen LogP contribution in [-0.2, 0) is 4.79 Å². The summed E-state index contributed by atoms with van der Waals surface area (Å²) >= 11 is 0. The van der Waals surface area contributed by atoms with Gasteiger partial charge in [-0.25, -0.2) is 0 Å². The normalized spacial score (nSPS) is 20.4. The number of nitrogens with zero attached hydrogens (tertiary/aromatic N) is 1. The lowest BCUT2D eigenvalue weighted by Gasteiger charge is -2.37. The molecule has 8 nitrogen and oxygen atoms in total. The van der Waals surface area contributed by atoms with Crippen LogP contribution >= 0.6 is 0 Å². The third-order valence-corrected chi connectivity index (χ3v) is 9.15. The number of ketones is 3. The number of hydrogen-bond acceptors (Lipinski definition) is 8. The molecule has 2 heterocycles. The molecule has 0 N–H and O–H groups in total. The van der Waals surface area contributed by atoms with Crippen LogP contribution in [0.1, 0.15) is 55.0 Å². The van der Waals surface area contributed by atoms with Crippen LogP contribution in [0.2, 0.25) is 0 Å². The van der Waals surface area contributed by atoms with Crippen molar-refractivity contribution < 1.29 is 33.4 Å². The van der Waals surface area contributed by atoms with Crippen LogP contribution in [0, 0.1) is 5.41 Å². The average Bonchev–Trinajstić information content (AvgIpc) is 3.50. The number of carbonyl (C=O) groups excluding carboxylic acids is 4. The van der Waals surface area contributed by atoms with E-state index in [2.05, 4.69) is 0 Å². The zero-order valence-electron chi connectivity index (χ0n) is 24.9. The van der Waals surface area contributed by atoms with Gasteiger partial charge in [0.1, 0.15) is 17.2 Å². The van der Waals surface area contributed by atoms with E-state index in [9.17, 15) is 19.2 Å². The number of rotatable bonds is 6. The largest absolute Gasteiger partial charge is 0.493 e. The molecule has 3 atom stereocenters. The van der Waals surface area contributed by atoms with E-state index < -0.39 is 29.4 Å². The maximum absolute atomic E-state index is 14.9. The lowest BCUT2D eigenvalue weighted by Crippen LogP contribution is -2.48. The van der Waals surface area contributed by atoms with Crippen molar-refractivity contribution in [2.24, 2.45) is 5.41 Å². The summed E-state index contributed by atoms with van der Waals surface area (Å²) in [6.45, 7) is 1.31. The topological polar surface area (TPSA) is 99.2 Å². The molecule has 7 rings (SSSR count). The van der Waals surface area contributed by atoms with Gasteiger partial charge in [0, 0.05) is 35.2 Å². The van der Waals surface area contributed by atoms with Crippen LogP contribution in [0.5, 0.6) is 17.2 Å². The molecule has 0 unspecified atom stereocenters. The first-order valence-electron chi connectivity index (χ1n) is 14.6. The molecule has 0 aromatic heterocycles. The summed E-state index contributed by atoms with van der Waals surface area (Å²) in [5.41, 5.74) is 1.61. The van der Waals surface area contributed by atoms with Crippen LogP contribution < -0.4 is 19.1 Å². The molecule has 224 valence electrons. The van der Waals surface area contributed by atoms with E-state index in [4.69, 9.17) is 14.2 Å². The number of esters is 1. The molecule has 0 bridgehead atoms. The van der Waals surface area contributed by atoms with Gasteiger partial charge < -0.3 is 19.1 Å². The fourth-order valence-electron chi connectivity index (χ4n) is 7.36. The second-order valence-corrected chi connectivity index (χ2v) is 11.4. The van der Waals surface area contributed by atoms with Gasteiger partial charge in [0.15, 0.2) is 28.8 Å². The third-order valence-electron chi connectivity index (χ3n) is 9.15. The van der Waals surface area contributed by atoms with Crippen LogP contribution in [0.3, 0.4) is 0 Å². The quantitative estimate of drug-likeness (QED) is 0.116. The summed E-state index contributed by atoms with van der Waals surface area (Å²) in [5.74, 6) is -1.11. The zero-order valence-corrected chi connectivity index (χ0v) is 24.9. The molecule has 0 amide bonds. The van der Waals surface area contributed by atoms with Gasteiger partial charge in [-0.15, -0.1) is 0 Å². The Kier molecular flexibility index (Phi) is 6.66. The molecule has 1 fully saturated rings. The Bertz CT molecular complexity index is 1890. The van der Waals surface area contributed by atoms with Crippen LogP contribution in [-0.4, -0.2) is 49.6 Å². The van der Waals surface area contributed by atoms with Crippen LogP contribution in [0.25, 0.3) is 6.08 Å². The van der Waals surface area contributed by atoms with Crippen molar-refractivity contribution in [1.82, 2.24) is 0 Å². The molecule has 4 aromatic carbocycles. The van der Waals surface area contributed by atoms with Gasteiger partial charge >= 0.3 is 5.97 Å². The van der Waals surface area contributed by atoms with E-state index in [1.807, 2.05) is 41.3 Å². The van der Waals surface area contributed by atoms with Crippen molar-refractivity contribution in [3.63, 3.8) is 0 Å². The van der Waals surface area contributed by atoms with Gasteiger partial charge in [-0.2, -0.15) is 0 Å². The highest BCUT2D eigenvalue weighted by molar-refractivity contribution is 6.32. The fraction of sp³-hybridized carbons (Fsp3) is 0.189. The van der Waals surface area contributed by atoms with Crippen molar-refractivity contribution in [2.75, 3.05) is 19.1 Å². The second-order valence-electron chi connectivity index (χ2n) is 11.4. The van der Waals surface area contributed by atoms with Crippen molar-refractivity contribution in [3.8, 4) is 17.2 Å². The van der Waals surface area contributed by atoms with Crippen LogP contribution in [0.4, 0.5) is 5.69 Å². The Morgan fingerprint density at radius 1 is 0.778 bits per heavy atom. The summed E-state index contributed by atoms with van der Waals surface area (Å²) in [6.07, 6.45) is 3.81. The molecule has 1 aliphatic carbocycles. The van der Waals surface area contributed by atoms with Crippen LogP contribution in [0.15, 0.2) is 97.1 Å². The summed E-state index contributed by atoms with van der Waals surface area (Å²) in [5, 5.41) is 0. The zero-order chi connectivity index (χ0) is 31.5. The third kappa shape index (κ3) is 4.05. The monoisotopic (exact) mass is 599 g/mol. The van der Waals surface area contributed by atoms with Crippen molar-refractivity contribution in [1.29, 1.82) is 0 Å². The first kappa shape index (κ1) is 28.3. The average molecular weight is 600 g/mol. The van der Waals surface area contributed by atoms with Crippen molar-refractivity contribution >= 4 is 35.1 Å². The van der Waals surface area contributed by atoms with Gasteiger partial charge in [-0.1, -0.05) is 60.7 Å². The molecule has 1 saturated heterocycles. The summed E-state index contributed by atoms with van der Waals surface area (Å²) < 4.78 is 16.4. The van der Waals surface area contributed by atoms with E-state index in [0.29, 0.717) is 39.5 Å². The first-order chi connectivity index (χ1) is 21.8. The van der Waals surface area contributed by atoms with Crippen molar-refractivity contribution in [2.45, 2.75) is 24.9 Å². The summed E-state index contributed by atoms with van der Waals surface area (Å²) in [4.78, 5) is 58.0. The minimum Gasteiger partial charge on any atom is -0.493 e. The van der Waals surface area contributed by atoms with Gasteiger partial charge in [0.25, 0.3) is 0 Å². The van der Waals surface area contributed by atoms with E-state index in [-0.39, 0.29) is 17.3 Å². The Balaban J connectivity index is 1.50. The maximum atomic E-state index is 14.9. The molecular formula is C37H29NO7. The van der Waals surface area contributed by atoms with Crippen molar-refractivity contribution in [3.05, 3.63) is 125 Å². The van der Waals surface area contributed by atoms with E-state index >= 15 is 0 Å². The lowest BCUT2D eigenvalue weighted by molar-refractivity contribution is -0.131. The maximum Gasteiger partial charge on any atom is 0.308 e. The Morgan fingerprint density at radius 3 is 2.07 bits per heavy atom. The number of Topliss-reactive ketones (excluding diaryl/α,β-unsaturated/α-hetero) is 3. The molecular weight excluding hydrogens is 570 g/mol. The number of benzene rings is 4. The van der Waals surface area contributed by atoms with E-state index in [1.165, 1.54) is 21.1 Å². The molecule has 8 heteroatoms. The molecule has 0 saturated carbocycles. The second kappa shape index (κ2) is 10.6. The predicted octanol–water partition coefficient (Wildman–Crippen LogP) is 5.95. The number of hydrogen-bond donors (Lipinski definition) is 0. The molecule has 45 heavy (non-hydrogen) atoms. The Labute approximate surface area is 259 Å². The lowest BCUT2D eigenvalue weighted by atomic mass is 9.64. The van der Waals surface area contributed by atoms with Gasteiger partial charge in [0.2, 0.25) is 0 Å². The molecule has 3 aliphatic rings. The predicted molar refractivity (Wildman–Crippen MR) is 167 cm³/mol. The highest BCUT2D eigenvalue weighted by atomic mass is 16.5. The highest BCUT2D eigenvalue weighted by Crippen LogP contribution is 2.61. The first-order valence-corrected chi connectivity index (χ1v) is 14.6. The molecule has 2 aliphatic heterocycles. The fourth-order valence-corrected chi connectivity index (χ4v) is 7.36. The number of fused-ring (bicyclic) bond motifs is 5. The summed E-state index contributed by atoms with van der Waals surface area (Å²) in [7, 11) is 3.05.